The van der Waals surface area contributed by atoms with Crippen LogP contribution < -0.4 is 10.2 Å². The predicted molar refractivity (Wildman–Crippen MR) is 147 cm³/mol. The Kier molecular flexibility index (Phi) is 9.41. The molecule has 0 saturated carbocycles. The van der Waals surface area contributed by atoms with Gasteiger partial charge in [-0.1, -0.05) is 36.4 Å². The van der Waals surface area contributed by atoms with E-state index in [4.69, 9.17) is 0 Å². The van der Waals surface area contributed by atoms with E-state index in [0.29, 0.717) is 6.42 Å². The number of hydrogen-bond donors (Lipinski definition) is 1. The lowest BCUT2D eigenvalue weighted by atomic mass is 9.99. The van der Waals surface area contributed by atoms with Crippen molar-refractivity contribution in [3.05, 3.63) is 65.2 Å². The summed E-state index contributed by atoms with van der Waals surface area (Å²) in [6, 6.07) is 17.2. The maximum atomic E-state index is 12.7. The third-order valence-electron chi connectivity index (χ3n) is 6.49. The topological polar surface area (TPSA) is 51.2 Å². The van der Waals surface area contributed by atoms with Gasteiger partial charge in [0.15, 0.2) is 5.96 Å². The average molecular weight is 562 g/mol. The molecule has 6 nitrogen and oxygen atoms in total. The Labute approximate surface area is 215 Å². The van der Waals surface area contributed by atoms with Crippen molar-refractivity contribution in [1.82, 2.24) is 15.1 Å². The Balaban J connectivity index is 0.00000306. The maximum absolute atomic E-state index is 12.7. The van der Waals surface area contributed by atoms with Crippen LogP contribution in [-0.2, 0) is 17.8 Å². The molecule has 1 fully saturated rings. The van der Waals surface area contributed by atoms with Gasteiger partial charge >= 0.3 is 0 Å². The van der Waals surface area contributed by atoms with Gasteiger partial charge in [-0.15, -0.1) is 24.0 Å². The molecule has 7 heteroatoms. The molecule has 0 bridgehead atoms. The number of nitrogens with zero attached hydrogens (tertiary/aromatic N) is 4. The number of guanidine groups is 1. The number of fused-ring (bicyclic) bond motifs is 1. The number of carbonyl (C=O) groups is 1. The van der Waals surface area contributed by atoms with Crippen LogP contribution in [-0.4, -0.2) is 68.0 Å². The fourth-order valence-electron chi connectivity index (χ4n) is 4.64. The molecule has 0 radical (unpaired) electrons. The van der Waals surface area contributed by atoms with Gasteiger partial charge in [-0.05, 0) is 48.6 Å². The number of rotatable bonds is 5. The van der Waals surface area contributed by atoms with Gasteiger partial charge in [0, 0.05) is 65.0 Å². The maximum Gasteiger partial charge on any atom is 0.222 e. The van der Waals surface area contributed by atoms with E-state index >= 15 is 0 Å². The van der Waals surface area contributed by atoms with Crippen molar-refractivity contribution in [1.29, 1.82) is 0 Å². The molecule has 1 N–H and O–H groups in total. The number of benzene rings is 2. The summed E-state index contributed by atoms with van der Waals surface area (Å²) in [5, 5.41) is 3.46. The zero-order valence-electron chi connectivity index (χ0n) is 19.8. The summed E-state index contributed by atoms with van der Waals surface area (Å²) in [7, 11) is 1.84. The molecular formula is C26H36IN5O. The summed E-state index contributed by atoms with van der Waals surface area (Å²) in [5.41, 5.74) is 5.26. The minimum absolute atomic E-state index is 0. The van der Waals surface area contributed by atoms with Crippen molar-refractivity contribution in [3.8, 4) is 0 Å². The number of aliphatic imine (C=N–C) groups is 1. The molecule has 1 amide bonds. The first-order chi connectivity index (χ1) is 15.6. The van der Waals surface area contributed by atoms with Crippen molar-refractivity contribution >= 4 is 41.5 Å². The molecular weight excluding hydrogens is 525 g/mol. The van der Waals surface area contributed by atoms with Crippen LogP contribution >= 0.6 is 24.0 Å². The van der Waals surface area contributed by atoms with Crippen molar-refractivity contribution < 1.29 is 4.79 Å². The SMILES string of the molecule is CN=C(NCCCC(=O)N1CCc2ccccc2C1)N1CCN(c2cccc(C)c2)CC1.I. The molecule has 1 saturated heterocycles. The molecule has 2 aromatic carbocycles. The van der Waals surface area contributed by atoms with Crippen molar-refractivity contribution in [3.63, 3.8) is 0 Å². The molecule has 0 aliphatic carbocycles. The Bertz CT molecular complexity index is 955. The zero-order chi connectivity index (χ0) is 22.3. The summed E-state index contributed by atoms with van der Waals surface area (Å²) in [5.74, 6) is 1.19. The highest BCUT2D eigenvalue weighted by molar-refractivity contribution is 14.0. The van der Waals surface area contributed by atoms with Crippen LogP contribution in [0.1, 0.15) is 29.5 Å². The highest BCUT2D eigenvalue weighted by Gasteiger charge is 2.21. The van der Waals surface area contributed by atoms with Crippen LogP contribution in [0.4, 0.5) is 5.69 Å². The van der Waals surface area contributed by atoms with E-state index in [9.17, 15) is 4.79 Å². The van der Waals surface area contributed by atoms with Crippen LogP contribution in [0, 0.1) is 6.92 Å². The van der Waals surface area contributed by atoms with E-state index in [1.807, 2.05) is 11.9 Å². The Hall–Kier alpha value is -2.29. The lowest BCUT2D eigenvalue weighted by Gasteiger charge is -2.37. The van der Waals surface area contributed by atoms with Gasteiger partial charge in [0.05, 0.1) is 0 Å². The molecule has 2 aromatic rings. The van der Waals surface area contributed by atoms with Gasteiger partial charge in [0.1, 0.15) is 0 Å². The van der Waals surface area contributed by atoms with Gasteiger partial charge < -0.3 is 20.0 Å². The molecule has 0 aromatic heterocycles. The summed E-state index contributed by atoms with van der Waals surface area (Å²) in [6.07, 6.45) is 2.36. The van der Waals surface area contributed by atoms with E-state index in [-0.39, 0.29) is 29.9 Å². The highest BCUT2D eigenvalue weighted by Crippen LogP contribution is 2.20. The highest BCUT2D eigenvalue weighted by atomic mass is 127. The zero-order valence-corrected chi connectivity index (χ0v) is 22.1. The fourth-order valence-corrected chi connectivity index (χ4v) is 4.64. The summed E-state index contributed by atoms with van der Waals surface area (Å²) >= 11 is 0. The smallest absolute Gasteiger partial charge is 0.222 e. The van der Waals surface area contributed by atoms with Crippen LogP contribution in [0.2, 0.25) is 0 Å². The van der Waals surface area contributed by atoms with Crippen LogP contribution in [0.5, 0.6) is 0 Å². The van der Waals surface area contributed by atoms with Gasteiger partial charge in [0.25, 0.3) is 0 Å². The third-order valence-corrected chi connectivity index (χ3v) is 6.49. The van der Waals surface area contributed by atoms with Crippen molar-refractivity contribution in [2.45, 2.75) is 32.7 Å². The Morgan fingerprint density at radius 2 is 1.73 bits per heavy atom. The fraction of sp³-hybridized carbons (Fsp3) is 0.462. The van der Waals surface area contributed by atoms with Gasteiger partial charge in [-0.3, -0.25) is 9.79 Å². The third kappa shape index (κ3) is 6.62. The average Bonchev–Trinajstić information content (AvgIpc) is 2.84. The number of halogens is 1. The normalized spacial score (nSPS) is 16.2. The molecule has 0 atom stereocenters. The number of amides is 1. The first kappa shape index (κ1) is 25.3. The molecule has 33 heavy (non-hydrogen) atoms. The largest absolute Gasteiger partial charge is 0.368 e. The van der Waals surface area contributed by atoms with E-state index in [1.165, 1.54) is 22.4 Å². The predicted octanol–water partition coefficient (Wildman–Crippen LogP) is 3.68. The van der Waals surface area contributed by atoms with Crippen LogP contribution in [0.15, 0.2) is 53.5 Å². The second-order valence-corrected chi connectivity index (χ2v) is 8.72. The van der Waals surface area contributed by atoms with E-state index < -0.39 is 0 Å². The number of hydrogen-bond acceptors (Lipinski definition) is 3. The number of piperazine rings is 1. The monoisotopic (exact) mass is 561 g/mol. The lowest BCUT2D eigenvalue weighted by molar-refractivity contribution is -0.132. The first-order valence-electron chi connectivity index (χ1n) is 11.8. The minimum Gasteiger partial charge on any atom is -0.368 e. The second-order valence-electron chi connectivity index (χ2n) is 8.72. The molecule has 0 spiro atoms. The quantitative estimate of drug-likeness (QED) is 0.262. The Morgan fingerprint density at radius 3 is 2.45 bits per heavy atom. The van der Waals surface area contributed by atoms with Gasteiger partial charge in [0.2, 0.25) is 5.91 Å². The number of aryl methyl sites for hydroxylation is 1. The Morgan fingerprint density at radius 1 is 0.970 bits per heavy atom. The molecule has 2 heterocycles. The molecule has 2 aliphatic rings. The van der Waals surface area contributed by atoms with E-state index in [0.717, 1.165) is 64.6 Å². The van der Waals surface area contributed by atoms with Gasteiger partial charge in [-0.2, -0.15) is 0 Å². The molecule has 178 valence electrons. The second kappa shape index (κ2) is 12.3. The molecule has 2 aliphatic heterocycles. The lowest BCUT2D eigenvalue weighted by Crippen LogP contribution is -2.52. The number of anilines is 1. The van der Waals surface area contributed by atoms with Crippen molar-refractivity contribution in [2.75, 3.05) is 51.2 Å². The summed E-state index contributed by atoms with van der Waals surface area (Å²) in [6.45, 7) is 8.34. The van der Waals surface area contributed by atoms with Gasteiger partial charge in [-0.25, -0.2) is 0 Å². The number of nitrogens with one attached hydrogen (secondary N) is 1. The van der Waals surface area contributed by atoms with Crippen LogP contribution in [0.3, 0.4) is 0 Å². The van der Waals surface area contributed by atoms with E-state index in [2.05, 4.69) is 75.6 Å². The molecule has 0 unspecified atom stereocenters. The standard InChI is InChI=1S/C26H35N5O.HI/c1-21-7-5-10-24(19-21)29-15-17-30(18-16-29)26(27-2)28-13-6-11-25(32)31-14-12-22-8-3-4-9-23(22)20-31;/h3-5,7-10,19H,6,11-18,20H2,1-2H3,(H,27,28);1H. The van der Waals surface area contributed by atoms with Crippen LogP contribution in [0.25, 0.3) is 0 Å². The first-order valence-corrected chi connectivity index (χ1v) is 11.8. The minimum atomic E-state index is 0. The number of carbonyl (C=O) groups excluding carboxylic acids is 1. The summed E-state index contributed by atoms with van der Waals surface area (Å²) < 4.78 is 0. The van der Waals surface area contributed by atoms with E-state index in [1.54, 1.807) is 0 Å². The molecule has 4 rings (SSSR count). The summed E-state index contributed by atoms with van der Waals surface area (Å²) in [4.78, 5) is 23.9. The van der Waals surface area contributed by atoms with Crippen molar-refractivity contribution in [2.24, 2.45) is 4.99 Å².